The van der Waals surface area contributed by atoms with Crippen molar-refractivity contribution in [3.05, 3.63) is 35.9 Å². The maximum Gasteiger partial charge on any atom is 0.338 e. The van der Waals surface area contributed by atoms with Crippen LogP contribution in [0.4, 0.5) is 0 Å². The molecule has 1 heterocycles. The van der Waals surface area contributed by atoms with Gasteiger partial charge in [0.15, 0.2) is 0 Å². The van der Waals surface area contributed by atoms with Gasteiger partial charge in [-0.05, 0) is 12.5 Å². The SMILES string of the molecule is CC1(OCc2ccccc2)CC(S)CN1S(=O)(=O)O. The molecule has 19 heavy (non-hydrogen) atoms. The number of hydrogen-bond donors (Lipinski definition) is 2. The smallest absolute Gasteiger partial charge is 0.338 e. The quantitative estimate of drug-likeness (QED) is 0.656. The van der Waals surface area contributed by atoms with Crippen molar-refractivity contribution in [3.63, 3.8) is 0 Å². The average Bonchev–Trinajstić information content (AvgIpc) is 2.64. The summed E-state index contributed by atoms with van der Waals surface area (Å²) in [6.45, 7) is 2.08. The maximum absolute atomic E-state index is 11.4. The monoisotopic (exact) mass is 303 g/mol. The normalized spacial score (nSPS) is 28.7. The lowest BCUT2D eigenvalue weighted by Crippen LogP contribution is -2.46. The molecule has 0 amide bonds. The van der Waals surface area contributed by atoms with Crippen LogP contribution in [-0.4, -0.2) is 34.8 Å². The van der Waals surface area contributed by atoms with Crippen LogP contribution in [0, 0.1) is 0 Å². The van der Waals surface area contributed by atoms with Gasteiger partial charge in [0.05, 0.1) is 6.61 Å². The second-order valence-electron chi connectivity index (χ2n) is 4.82. The van der Waals surface area contributed by atoms with Crippen LogP contribution in [0.2, 0.25) is 0 Å². The molecule has 1 N–H and O–H groups in total. The van der Waals surface area contributed by atoms with Gasteiger partial charge in [0, 0.05) is 18.2 Å². The van der Waals surface area contributed by atoms with E-state index in [2.05, 4.69) is 12.6 Å². The number of benzene rings is 1. The Labute approximate surface area is 118 Å². The van der Waals surface area contributed by atoms with Crippen molar-refractivity contribution in [1.29, 1.82) is 0 Å². The van der Waals surface area contributed by atoms with Crippen molar-refractivity contribution in [2.24, 2.45) is 0 Å². The fourth-order valence-electron chi connectivity index (χ4n) is 2.27. The van der Waals surface area contributed by atoms with Gasteiger partial charge in [0.25, 0.3) is 0 Å². The Morgan fingerprint density at radius 1 is 1.47 bits per heavy atom. The third-order valence-corrected chi connectivity index (χ3v) is 4.63. The highest BCUT2D eigenvalue weighted by Gasteiger charge is 2.47. The molecule has 5 nitrogen and oxygen atoms in total. The summed E-state index contributed by atoms with van der Waals surface area (Å²) in [6, 6.07) is 9.47. The minimum atomic E-state index is -4.29. The first-order valence-corrected chi connectivity index (χ1v) is 7.84. The molecular weight excluding hydrogens is 286 g/mol. The second kappa shape index (κ2) is 5.41. The van der Waals surface area contributed by atoms with E-state index in [4.69, 9.17) is 4.74 Å². The highest BCUT2D eigenvalue weighted by molar-refractivity contribution is 7.83. The van der Waals surface area contributed by atoms with Gasteiger partial charge in [-0.3, -0.25) is 4.55 Å². The third-order valence-electron chi connectivity index (χ3n) is 3.19. The largest absolute Gasteiger partial charge is 0.355 e. The second-order valence-corrected chi connectivity index (χ2v) is 6.88. The highest BCUT2D eigenvalue weighted by Crippen LogP contribution is 2.35. The maximum atomic E-state index is 11.4. The minimum Gasteiger partial charge on any atom is -0.355 e. The van der Waals surface area contributed by atoms with Crippen molar-refractivity contribution < 1.29 is 17.7 Å². The van der Waals surface area contributed by atoms with E-state index in [1.54, 1.807) is 6.92 Å². The standard InChI is InChI=1S/C12H17NO4S2/c1-12(17-9-10-5-3-2-4-6-10)7-11(18)8-13(12)19(14,15)16/h2-6,11,18H,7-9H2,1H3,(H,14,15,16). The van der Waals surface area contributed by atoms with E-state index in [9.17, 15) is 13.0 Å². The van der Waals surface area contributed by atoms with Gasteiger partial charge in [-0.25, -0.2) is 0 Å². The summed E-state index contributed by atoms with van der Waals surface area (Å²) in [5.74, 6) is 0. The van der Waals surface area contributed by atoms with E-state index >= 15 is 0 Å². The number of rotatable bonds is 4. The lowest BCUT2D eigenvalue weighted by atomic mass is 10.2. The number of ether oxygens (including phenoxy) is 1. The zero-order chi connectivity index (χ0) is 14.1. The molecule has 0 spiro atoms. The van der Waals surface area contributed by atoms with Gasteiger partial charge in [-0.1, -0.05) is 30.3 Å². The number of hydrogen-bond acceptors (Lipinski definition) is 4. The van der Waals surface area contributed by atoms with Crippen molar-refractivity contribution >= 4 is 22.9 Å². The molecule has 0 aliphatic carbocycles. The molecule has 1 aliphatic rings. The Kier molecular flexibility index (Phi) is 4.22. The van der Waals surface area contributed by atoms with Gasteiger partial charge in [0.1, 0.15) is 5.72 Å². The van der Waals surface area contributed by atoms with E-state index in [0.29, 0.717) is 6.42 Å². The summed E-state index contributed by atoms with van der Waals surface area (Å²) in [7, 11) is -4.29. The fourth-order valence-corrected chi connectivity index (χ4v) is 3.87. The van der Waals surface area contributed by atoms with Crippen LogP contribution in [0.1, 0.15) is 18.9 Å². The Morgan fingerprint density at radius 3 is 2.68 bits per heavy atom. The summed E-state index contributed by atoms with van der Waals surface area (Å²) < 4.78 is 38.7. The molecule has 2 atom stereocenters. The fraction of sp³-hybridized carbons (Fsp3) is 0.500. The van der Waals surface area contributed by atoms with Gasteiger partial charge < -0.3 is 4.74 Å². The van der Waals surface area contributed by atoms with Gasteiger partial charge >= 0.3 is 10.3 Å². The number of nitrogens with zero attached hydrogens (tertiary/aromatic N) is 1. The Bertz CT molecular complexity index is 534. The van der Waals surface area contributed by atoms with Crippen LogP contribution in [-0.2, 0) is 21.6 Å². The van der Waals surface area contributed by atoms with E-state index < -0.39 is 16.0 Å². The molecule has 0 bridgehead atoms. The summed E-state index contributed by atoms with van der Waals surface area (Å²) in [6.07, 6.45) is 0.433. The lowest BCUT2D eigenvalue weighted by Gasteiger charge is -2.32. The number of thiol groups is 1. The van der Waals surface area contributed by atoms with Gasteiger partial charge in [0.2, 0.25) is 0 Å². The molecule has 2 rings (SSSR count). The lowest BCUT2D eigenvalue weighted by molar-refractivity contribution is -0.0995. The molecule has 1 saturated heterocycles. The first kappa shape index (κ1) is 14.8. The predicted octanol–water partition coefficient (Wildman–Crippen LogP) is 1.73. The van der Waals surface area contributed by atoms with E-state index in [1.807, 2.05) is 30.3 Å². The zero-order valence-electron chi connectivity index (χ0n) is 10.6. The summed E-state index contributed by atoms with van der Waals surface area (Å²) in [4.78, 5) is 0. The van der Waals surface area contributed by atoms with Crippen molar-refractivity contribution in [2.75, 3.05) is 6.54 Å². The van der Waals surface area contributed by atoms with Crippen LogP contribution in [0.3, 0.4) is 0 Å². The molecule has 0 saturated carbocycles. The molecule has 106 valence electrons. The van der Waals surface area contributed by atoms with Crippen LogP contribution in [0.15, 0.2) is 30.3 Å². The Balaban J connectivity index is 2.12. The predicted molar refractivity (Wildman–Crippen MR) is 75.3 cm³/mol. The first-order valence-electron chi connectivity index (χ1n) is 5.92. The molecule has 1 aromatic carbocycles. The Hall–Kier alpha value is -0.600. The average molecular weight is 303 g/mol. The van der Waals surface area contributed by atoms with Crippen molar-refractivity contribution in [1.82, 2.24) is 4.31 Å². The van der Waals surface area contributed by atoms with E-state index in [0.717, 1.165) is 9.87 Å². The molecule has 0 radical (unpaired) electrons. The summed E-state index contributed by atoms with van der Waals surface area (Å²) in [5.41, 5.74) is -0.114. The van der Waals surface area contributed by atoms with Crippen molar-refractivity contribution in [3.8, 4) is 0 Å². The molecule has 2 unspecified atom stereocenters. The van der Waals surface area contributed by atoms with Crippen LogP contribution >= 0.6 is 12.6 Å². The molecule has 7 heteroatoms. The van der Waals surface area contributed by atoms with Gasteiger partial charge in [-0.2, -0.15) is 21.0 Å². The molecular formula is C12H17NO4S2. The van der Waals surface area contributed by atoms with Gasteiger partial charge in [-0.15, -0.1) is 4.31 Å². The highest BCUT2D eigenvalue weighted by atomic mass is 32.2. The van der Waals surface area contributed by atoms with Crippen LogP contribution < -0.4 is 0 Å². The third kappa shape index (κ3) is 3.49. The zero-order valence-corrected chi connectivity index (χ0v) is 12.3. The molecule has 1 aliphatic heterocycles. The molecule has 1 aromatic rings. The van der Waals surface area contributed by atoms with E-state index in [-0.39, 0.29) is 18.4 Å². The minimum absolute atomic E-state index is 0.146. The van der Waals surface area contributed by atoms with Crippen molar-refractivity contribution in [2.45, 2.75) is 30.9 Å². The summed E-state index contributed by atoms with van der Waals surface area (Å²) in [5, 5.41) is -0.150. The molecule has 0 aromatic heterocycles. The topological polar surface area (TPSA) is 66.8 Å². The molecule has 1 fully saturated rings. The first-order chi connectivity index (χ1) is 8.81. The summed E-state index contributed by atoms with van der Waals surface area (Å²) >= 11 is 4.28. The van der Waals surface area contributed by atoms with E-state index in [1.165, 1.54) is 0 Å². The Morgan fingerprint density at radius 2 is 2.11 bits per heavy atom. The van der Waals surface area contributed by atoms with Crippen LogP contribution in [0.5, 0.6) is 0 Å². The van der Waals surface area contributed by atoms with Crippen LogP contribution in [0.25, 0.3) is 0 Å².